The van der Waals surface area contributed by atoms with Crippen molar-refractivity contribution in [3.8, 4) is 0 Å². The third kappa shape index (κ3) is 2.31. The van der Waals surface area contributed by atoms with Gasteiger partial charge in [-0.3, -0.25) is 0 Å². The first-order valence-corrected chi connectivity index (χ1v) is 4.06. The van der Waals surface area contributed by atoms with Gasteiger partial charge in [-0.2, -0.15) is 0 Å². The van der Waals surface area contributed by atoms with Crippen molar-refractivity contribution < 1.29 is 0 Å². The molecule has 0 fully saturated rings. The highest BCUT2D eigenvalue weighted by Crippen LogP contribution is 2.17. The van der Waals surface area contributed by atoms with E-state index in [0.717, 1.165) is 5.69 Å². The van der Waals surface area contributed by atoms with Gasteiger partial charge in [-0.1, -0.05) is 11.6 Å². The summed E-state index contributed by atoms with van der Waals surface area (Å²) in [6, 6.07) is 1.70. The van der Waals surface area contributed by atoms with E-state index in [-0.39, 0.29) is 5.38 Å². The van der Waals surface area contributed by atoms with E-state index in [1.807, 2.05) is 13.8 Å². The van der Waals surface area contributed by atoms with Crippen LogP contribution in [0.1, 0.15) is 23.8 Å². The smallest absolute Gasteiger partial charge is 0.147 e. The van der Waals surface area contributed by atoms with Gasteiger partial charge in [0.25, 0.3) is 0 Å². The minimum atomic E-state index is -0.188. The Bertz CT molecular complexity index is 240. The van der Waals surface area contributed by atoms with Crippen LogP contribution in [0.3, 0.4) is 0 Å². The number of alkyl halides is 1. The van der Waals surface area contributed by atoms with Crippen LogP contribution in [-0.2, 0) is 0 Å². The van der Waals surface area contributed by atoms with E-state index in [9.17, 15) is 0 Å². The maximum atomic E-state index is 5.76. The van der Waals surface area contributed by atoms with Crippen molar-refractivity contribution in [3.05, 3.63) is 22.7 Å². The van der Waals surface area contributed by atoms with Crippen molar-refractivity contribution >= 4 is 23.2 Å². The Hall–Kier alpha value is -0.340. The Morgan fingerprint density at radius 1 is 1.45 bits per heavy atom. The molecule has 0 saturated carbocycles. The van der Waals surface area contributed by atoms with Gasteiger partial charge in [0.1, 0.15) is 11.0 Å². The molecule has 11 heavy (non-hydrogen) atoms. The topological polar surface area (TPSA) is 25.8 Å². The van der Waals surface area contributed by atoms with Crippen LogP contribution in [0.5, 0.6) is 0 Å². The molecule has 1 aromatic rings. The first kappa shape index (κ1) is 8.75. The molecule has 1 unspecified atom stereocenters. The summed E-state index contributed by atoms with van der Waals surface area (Å²) in [6.07, 6.45) is 0. The molecule has 1 atom stereocenters. The number of rotatable bonds is 1. The summed E-state index contributed by atoms with van der Waals surface area (Å²) in [6.45, 7) is 3.67. The normalized spacial score (nSPS) is 13.1. The second-order valence-electron chi connectivity index (χ2n) is 2.31. The summed E-state index contributed by atoms with van der Waals surface area (Å²) in [5, 5.41) is 0.257. The second-order valence-corrected chi connectivity index (χ2v) is 3.35. The Labute approximate surface area is 75.6 Å². The Morgan fingerprint density at radius 3 is 2.55 bits per heavy atom. The zero-order valence-electron chi connectivity index (χ0n) is 6.31. The summed E-state index contributed by atoms with van der Waals surface area (Å²) < 4.78 is 0. The van der Waals surface area contributed by atoms with Gasteiger partial charge < -0.3 is 0 Å². The molecule has 0 aliphatic carbocycles. The number of nitrogens with zero attached hydrogens (tertiary/aromatic N) is 2. The zero-order chi connectivity index (χ0) is 8.43. The fraction of sp³-hybridized carbons (Fsp3) is 0.429. The van der Waals surface area contributed by atoms with Gasteiger partial charge in [0, 0.05) is 5.69 Å². The lowest BCUT2D eigenvalue weighted by Crippen LogP contribution is -1.97. The average Bonchev–Trinajstić information content (AvgIpc) is 1.85. The summed E-state index contributed by atoms with van der Waals surface area (Å²) >= 11 is 11.4. The predicted molar refractivity (Wildman–Crippen MR) is 46.0 cm³/mol. The molecule has 0 radical (unpaired) electrons. The quantitative estimate of drug-likeness (QED) is 0.503. The Morgan fingerprint density at radius 2 is 2.09 bits per heavy atom. The lowest BCUT2D eigenvalue weighted by atomic mass is 10.4. The first-order valence-electron chi connectivity index (χ1n) is 3.25. The minimum absolute atomic E-state index is 0.188. The third-order valence-electron chi connectivity index (χ3n) is 1.20. The van der Waals surface area contributed by atoms with Gasteiger partial charge in [-0.05, 0) is 19.9 Å². The van der Waals surface area contributed by atoms with Crippen LogP contribution < -0.4 is 0 Å². The molecule has 0 bridgehead atoms. The van der Waals surface area contributed by atoms with Crippen LogP contribution in [0.2, 0.25) is 5.15 Å². The minimum Gasteiger partial charge on any atom is -0.237 e. The fourth-order valence-electron chi connectivity index (χ4n) is 0.730. The van der Waals surface area contributed by atoms with Crippen molar-refractivity contribution in [3.63, 3.8) is 0 Å². The molecular weight excluding hydrogens is 183 g/mol. The Kier molecular flexibility index (Phi) is 2.68. The average molecular weight is 191 g/mol. The molecule has 0 N–H and O–H groups in total. The van der Waals surface area contributed by atoms with Crippen molar-refractivity contribution in [1.82, 2.24) is 9.97 Å². The maximum absolute atomic E-state index is 5.76. The van der Waals surface area contributed by atoms with Crippen LogP contribution in [-0.4, -0.2) is 9.97 Å². The number of aromatic nitrogens is 2. The largest absolute Gasteiger partial charge is 0.237 e. The van der Waals surface area contributed by atoms with Crippen molar-refractivity contribution in [2.45, 2.75) is 19.2 Å². The summed E-state index contributed by atoms with van der Waals surface area (Å²) in [5.74, 6) is 0.580. The van der Waals surface area contributed by atoms with Gasteiger partial charge in [-0.15, -0.1) is 11.6 Å². The van der Waals surface area contributed by atoms with Crippen LogP contribution >= 0.6 is 23.2 Å². The van der Waals surface area contributed by atoms with Gasteiger partial charge in [0.2, 0.25) is 0 Å². The van der Waals surface area contributed by atoms with E-state index < -0.39 is 0 Å². The molecule has 0 aliphatic heterocycles. The van der Waals surface area contributed by atoms with Gasteiger partial charge in [0.05, 0.1) is 5.38 Å². The number of halogens is 2. The van der Waals surface area contributed by atoms with Crippen LogP contribution in [0, 0.1) is 6.92 Å². The van der Waals surface area contributed by atoms with E-state index in [1.165, 1.54) is 0 Å². The zero-order valence-corrected chi connectivity index (χ0v) is 7.82. The summed E-state index contributed by atoms with van der Waals surface area (Å²) in [4.78, 5) is 8.06. The van der Waals surface area contributed by atoms with Crippen molar-refractivity contribution in [1.29, 1.82) is 0 Å². The maximum Gasteiger partial charge on any atom is 0.147 e. The molecule has 0 aliphatic rings. The molecule has 1 aromatic heterocycles. The monoisotopic (exact) mass is 190 g/mol. The molecule has 60 valence electrons. The molecule has 1 heterocycles. The van der Waals surface area contributed by atoms with Gasteiger partial charge >= 0.3 is 0 Å². The fourth-order valence-corrected chi connectivity index (χ4v) is 1.07. The van der Waals surface area contributed by atoms with Crippen LogP contribution in [0.4, 0.5) is 0 Å². The highest BCUT2D eigenvalue weighted by atomic mass is 35.5. The van der Waals surface area contributed by atoms with Crippen LogP contribution in [0.25, 0.3) is 0 Å². The van der Waals surface area contributed by atoms with E-state index in [0.29, 0.717) is 11.0 Å². The number of aryl methyl sites for hydroxylation is 1. The Balaban J connectivity index is 3.08. The molecule has 1 rings (SSSR count). The van der Waals surface area contributed by atoms with Gasteiger partial charge in [-0.25, -0.2) is 9.97 Å². The first-order chi connectivity index (χ1) is 5.09. The third-order valence-corrected chi connectivity index (χ3v) is 1.58. The highest BCUT2D eigenvalue weighted by molar-refractivity contribution is 6.29. The van der Waals surface area contributed by atoms with E-state index in [1.54, 1.807) is 6.07 Å². The number of hydrogen-bond donors (Lipinski definition) is 0. The molecule has 4 heteroatoms. The summed E-state index contributed by atoms with van der Waals surface area (Å²) in [7, 11) is 0. The lowest BCUT2D eigenvalue weighted by molar-refractivity contribution is 0.892. The summed E-state index contributed by atoms with van der Waals surface area (Å²) in [5.41, 5.74) is 0.840. The van der Waals surface area contributed by atoms with Crippen LogP contribution in [0.15, 0.2) is 6.07 Å². The molecule has 0 amide bonds. The predicted octanol–water partition coefficient (Wildman–Crippen LogP) is 2.74. The number of hydrogen-bond acceptors (Lipinski definition) is 2. The molecule has 0 spiro atoms. The van der Waals surface area contributed by atoms with E-state index in [2.05, 4.69) is 9.97 Å². The standard InChI is InChI=1S/C7H8Cl2N2/c1-4-3-6(9)11-7(10-4)5(2)8/h3,5H,1-2H3. The molecular formula is C7H8Cl2N2. The van der Waals surface area contributed by atoms with Crippen molar-refractivity contribution in [2.75, 3.05) is 0 Å². The van der Waals surface area contributed by atoms with Crippen molar-refractivity contribution in [2.24, 2.45) is 0 Å². The SMILES string of the molecule is Cc1cc(Cl)nc(C(C)Cl)n1. The van der Waals surface area contributed by atoms with E-state index >= 15 is 0 Å². The second kappa shape index (κ2) is 3.37. The molecule has 0 saturated heterocycles. The lowest BCUT2D eigenvalue weighted by Gasteiger charge is -2.02. The van der Waals surface area contributed by atoms with Gasteiger partial charge in [0.15, 0.2) is 0 Å². The molecule has 2 nitrogen and oxygen atoms in total. The highest BCUT2D eigenvalue weighted by Gasteiger charge is 2.05. The molecule has 0 aromatic carbocycles. The van der Waals surface area contributed by atoms with E-state index in [4.69, 9.17) is 23.2 Å².